The lowest BCUT2D eigenvalue weighted by Gasteiger charge is -2.02. The fourth-order valence-corrected chi connectivity index (χ4v) is 2.60. The number of fused-ring (bicyclic) bond motifs is 1. The Morgan fingerprint density at radius 2 is 1.83 bits per heavy atom. The molecule has 1 aliphatic rings. The topological polar surface area (TPSA) is 110 Å². The number of nitrogen functional groups attached to an aromatic ring is 1. The van der Waals surface area contributed by atoms with Crippen LogP contribution in [0.5, 0.6) is 0 Å². The smallest absolute Gasteiger partial charge is 0.165 e. The van der Waals surface area contributed by atoms with Crippen molar-refractivity contribution in [2.24, 2.45) is 17.8 Å². The molecule has 0 amide bonds. The second-order valence-corrected chi connectivity index (χ2v) is 4.68. The zero-order chi connectivity index (χ0) is 12.7. The first-order chi connectivity index (χ1) is 8.76. The molecule has 0 spiro atoms. The normalized spacial score (nSPS) is 26.7. The van der Waals surface area contributed by atoms with E-state index in [0.29, 0.717) is 23.5 Å². The van der Waals surface area contributed by atoms with Crippen molar-refractivity contribution in [1.82, 2.24) is 19.5 Å². The molecule has 2 heterocycles. The number of hydrogen-bond acceptors (Lipinski definition) is 6. The van der Waals surface area contributed by atoms with Crippen LogP contribution >= 0.6 is 0 Å². The van der Waals surface area contributed by atoms with Gasteiger partial charge < -0.3 is 20.5 Å². The first-order valence-corrected chi connectivity index (χ1v) is 5.89. The van der Waals surface area contributed by atoms with E-state index < -0.39 is 0 Å². The number of nitrogens with two attached hydrogens (primary N) is 1. The van der Waals surface area contributed by atoms with Crippen LogP contribution in [-0.2, 0) is 6.54 Å². The second kappa shape index (κ2) is 4.18. The maximum absolute atomic E-state index is 9.18. The van der Waals surface area contributed by atoms with Crippen LogP contribution < -0.4 is 5.73 Å². The predicted molar refractivity (Wildman–Crippen MR) is 64.4 cm³/mol. The van der Waals surface area contributed by atoms with Crippen LogP contribution in [0.3, 0.4) is 0 Å². The summed E-state index contributed by atoms with van der Waals surface area (Å²) in [5.41, 5.74) is 7.01. The molecular formula is C11H15N5O2. The van der Waals surface area contributed by atoms with E-state index in [9.17, 15) is 10.2 Å². The van der Waals surface area contributed by atoms with Crippen LogP contribution in [0.2, 0.25) is 0 Å². The number of aliphatic hydroxyl groups is 2. The van der Waals surface area contributed by atoms with Gasteiger partial charge in [-0.3, -0.25) is 0 Å². The average Bonchev–Trinajstić information content (AvgIpc) is 2.90. The van der Waals surface area contributed by atoms with Gasteiger partial charge >= 0.3 is 0 Å². The van der Waals surface area contributed by atoms with Crippen LogP contribution in [0.15, 0.2) is 12.7 Å². The summed E-state index contributed by atoms with van der Waals surface area (Å²) in [6.45, 7) is 0.905. The maximum atomic E-state index is 9.18. The van der Waals surface area contributed by atoms with Gasteiger partial charge in [0.1, 0.15) is 11.8 Å². The molecule has 3 rings (SSSR count). The molecule has 0 unspecified atom stereocenters. The standard InChI is InChI=1S/C11H15N5O2/c12-10-9-11(14-4-13-10)16(5-15-9)1-6-7(2-17)8(6)3-18/h4-8,17-18H,1-3H2,(H2,12,13,14)/t7-,8-/m0/s1. The summed E-state index contributed by atoms with van der Waals surface area (Å²) in [5.74, 6) is 0.985. The number of anilines is 1. The van der Waals surface area contributed by atoms with Crippen molar-refractivity contribution in [2.75, 3.05) is 18.9 Å². The molecule has 4 N–H and O–H groups in total. The Morgan fingerprint density at radius 3 is 2.50 bits per heavy atom. The monoisotopic (exact) mass is 249 g/mol. The molecule has 96 valence electrons. The van der Waals surface area contributed by atoms with Gasteiger partial charge in [0.2, 0.25) is 0 Å². The van der Waals surface area contributed by atoms with E-state index in [1.54, 1.807) is 6.33 Å². The summed E-state index contributed by atoms with van der Waals surface area (Å²) in [7, 11) is 0. The molecule has 0 radical (unpaired) electrons. The molecule has 7 heteroatoms. The van der Waals surface area contributed by atoms with Gasteiger partial charge in [-0.05, 0) is 17.8 Å². The lowest BCUT2D eigenvalue weighted by molar-refractivity contribution is 0.232. The fourth-order valence-electron chi connectivity index (χ4n) is 2.60. The average molecular weight is 249 g/mol. The Balaban J connectivity index is 1.86. The van der Waals surface area contributed by atoms with Crippen molar-refractivity contribution < 1.29 is 10.2 Å². The zero-order valence-corrected chi connectivity index (χ0v) is 9.77. The highest BCUT2D eigenvalue weighted by Crippen LogP contribution is 2.46. The maximum Gasteiger partial charge on any atom is 0.165 e. The lowest BCUT2D eigenvalue weighted by Crippen LogP contribution is -2.03. The fraction of sp³-hybridized carbons (Fsp3) is 0.545. The third-order valence-corrected chi connectivity index (χ3v) is 3.77. The van der Waals surface area contributed by atoms with Crippen molar-refractivity contribution in [1.29, 1.82) is 0 Å². The number of nitrogens with zero attached hydrogens (tertiary/aromatic N) is 4. The number of rotatable bonds is 4. The van der Waals surface area contributed by atoms with E-state index in [0.717, 1.165) is 0 Å². The largest absolute Gasteiger partial charge is 0.396 e. The van der Waals surface area contributed by atoms with E-state index in [1.807, 2.05) is 4.57 Å². The second-order valence-electron chi connectivity index (χ2n) is 4.68. The van der Waals surface area contributed by atoms with E-state index in [1.165, 1.54) is 6.33 Å². The van der Waals surface area contributed by atoms with Crippen LogP contribution in [-0.4, -0.2) is 42.9 Å². The molecule has 2 aromatic heterocycles. The molecular weight excluding hydrogens is 234 g/mol. The van der Waals surface area contributed by atoms with Crippen LogP contribution in [0.1, 0.15) is 0 Å². The highest BCUT2D eigenvalue weighted by Gasteiger charge is 2.49. The van der Waals surface area contributed by atoms with E-state index in [4.69, 9.17) is 5.73 Å². The van der Waals surface area contributed by atoms with Gasteiger partial charge in [-0.15, -0.1) is 0 Å². The molecule has 2 atom stereocenters. The SMILES string of the molecule is Nc1ncnc2c1ncn2CC1[C@H](CO)[C@H]1CO. The molecule has 1 fully saturated rings. The summed E-state index contributed by atoms with van der Waals surface area (Å²) in [5, 5.41) is 18.4. The van der Waals surface area contributed by atoms with E-state index in [-0.39, 0.29) is 31.0 Å². The van der Waals surface area contributed by atoms with Crippen molar-refractivity contribution in [3.8, 4) is 0 Å². The Morgan fingerprint density at radius 1 is 1.11 bits per heavy atom. The van der Waals surface area contributed by atoms with Crippen molar-refractivity contribution in [3.63, 3.8) is 0 Å². The van der Waals surface area contributed by atoms with Gasteiger partial charge in [0.15, 0.2) is 11.5 Å². The first-order valence-electron chi connectivity index (χ1n) is 5.89. The number of hydrogen-bond donors (Lipinski definition) is 3. The Labute approximate surface area is 103 Å². The third-order valence-electron chi connectivity index (χ3n) is 3.77. The minimum atomic E-state index is 0.111. The van der Waals surface area contributed by atoms with Gasteiger partial charge in [0.25, 0.3) is 0 Å². The number of aliphatic hydroxyl groups excluding tert-OH is 2. The summed E-state index contributed by atoms with van der Waals surface area (Å²) < 4.78 is 1.90. The third kappa shape index (κ3) is 1.63. The van der Waals surface area contributed by atoms with Crippen LogP contribution in [0.25, 0.3) is 11.2 Å². The number of imidazole rings is 1. The molecule has 0 bridgehead atoms. The highest BCUT2D eigenvalue weighted by molar-refractivity contribution is 5.81. The predicted octanol–water partition coefficient (Wildman–Crippen LogP) is -0.745. The van der Waals surface area contributed by atoms with Gasteiger partial charge in [-0.1, -0.05) is 0 Å². The quantitative estimate of drug-likeness (QED) is 0.658. The summed E-state index contributed by atoms with van der Waals surface area (Å²) in [4.78, 5) is 12.2. The Bertz CT molecular complexity index is 560. The Kier molecular flexibility index (Phi) is 2.64. The lowest BCUT2D eigenvalue weighted by atomic mass is 10.3. The van der Waals surface area contributed by atoms with Crippen molar-refractivity contribution >= 4 is 17.0 Å². The Hall–Kier alpha value is -1.73. The molecule has 7 nitrogen and oxygen atoms in total. The van der Waals surface area contributed by atoms with Gasteiger partial charge in [-0.2, -0.15) is 0 Å². The van der Waals surface area contributed by atoms with Crippen molar-refractivity contribution in [2.45, 2.75) is 6.54 Å². The minimum Gasteiger partial charge on any atom is -0.396 e. The first kappa shape index (κ1) is 11.4. The van der Waals surface area contributed by atoms with E-state index >= 15 is 0 Å². The molecule has 2 aromatic rings. The molecule has 0 aromatic carbocycles. The highest BCUT2D eigenvalue weighted by atomic mass is 16.3. The molecule has 0 saturated heterocycles. The van der Waals surface area contributed by atoms with Crippen LogP contribution in [0, 0.1) is 17.8 Å². The summed E-state index contributed by atoms with van der Waals surface area (Å²) in [6, 6.07) is 0. The van der Waals surface area contributed by atoms with Gasteiger partial charge in [-0.25, -0.2) is 15.0 Å². The zero-order valence-electron chi connectivity index (χ0n) is 9.77. The van der Waals surface area contributed by atoms with E-state index in [2.05, 4.69) is 15.0 Å². The van der Waals surface area contributed by atoms with Gasteiger partial charge in [0.05, 0.1) is 6.33 Å². The van der Waals surface area contributed by atoms with Gasteiger partial charge in [0, 0.05) is 19.8 Å². The minimum absolute atomic E-state index is 0.111. The molecule has 1 saturated carbocycles. The number of aromatic nitrogens is 4. The molecule has 0 aliphatic heterocycles. The summed E-state index contributed by atoms with van der Waals surface area (Å²) in [6.07, 6.45) is 3.09. The molecule has 1 aliphatic carbocycles. The van der Waals surface area contributed by atoms with Crippen molar-refractivity contribution in [3.05, 3.63) is 12.7 Å². The van der Waals surface area contributed by atoms with Crippen LogP contribution in [0.4, 0.5) is 5.82 Å². The summed E-state index contributed by atoms with van der Waals surface area (Å²) >= 11 is 0. The molecule has 18 heavy (non-hydrogen) atoms.